The summed E-state index contributed by atoms with van der Waals surface area (Å²) in [6.45, 7) is 6.43. The number of aliphatic hydroxyl groups is 1. The Morgan fingerprint density at radius 2 is 2.31 bits per heavy atom. The molecule has 78 valence electrons. The van der Waals surface area contributed by atoms with Gasteiger partial charge in [-0.15, -0.1) is 11.6 Å². The smallest absolute Gasteiger partial charge is 0.0802 e. The van der Waals surface area contributed by atoms with E-state index in [-0.39, 0.29) is 6.10 Å². The number of nitrogens with zero attached hydrogens (tertiary/aromatic N) is 1. The third kappa shape index (κ3) is 3.43. The number of aliphatic hydroxyl groups excluding tert-OH is 1. The first-order chi connectivity index (χ1) is 6.13. The zero-order valence-corrected chi connectivity index (χ0v) is 9.00. The van der Waals surface area contributed by atoms with E-state index in [2.05, 4.69) is 11.8 Å². The van der Waals surface area contributed by atoms with E-state index >= 15 is 0 Å². The highest BCUT2D eigenvalue weighted by Gasteiger charge is 2.24. The van der Waals surface area contributed by atoms with Crippen LogP contribution >= 0.6 is 11.6 Å². The van der Waals surface area contributed by atoms with E-state index in [1.165, 1.54) is 0 Å². The van der Waals surface area contributed by atoms with E-state index < -0.39 is 6.10 Å². The Morgan fingerprint density at radius 1 is 1.62 bits per heavy atom. The normalized spacial score (nSPS) is 33.2. The zero-order valence-electron chi connectivity index (χ0n) is 8.24. The molecule has 0 bridgehead atoms. The SMILES string of the molecule is CC1CN(CC(O)CCl)C(C)CO1. The monoisotopic (exact) mass is 207 g/mol. The van der Waals surface area contributed by atoms with Crippen LogP contribution in [0.4, 0.5) is 0 Å². The van der Waals surface area contributed by atoms with Crippen molar-refractivity contribution in [1.82, 2.24) is 4.90 Å². The van der Waals surface area contributed by atoms with Crippen LogP contribution in [0.3, 0.4) is 0 Å². The van der Waals surface area contributed by atoms with Crippen LogP contribution in [-0.4, -0.2) is 53.8 Å². The van der Waals surface area contributed by atoms with E-state index in [4.69, 9.17) is 16.3 Å². The number of halogens is 1. The average molecular weight is 208 g/mol. The minimum atomic E-state index is -0.422. The summed E-state index contributed by atoms with van der Waals surface area (Å²) in [7, 11) is 0. The molecule has 0 aromatic heterocycles. The van der Waals surface area contributed by atoms with Crippen LogP contribution < -0.4 is 0 Å². The quantitative estimate of drug-likeness (QED) is 0.692. The molecule has 3 atom stereocenters. The molecular weight excluding hydrogens is 190 g/mol. The molecule has 1 fully saturated rings. The van der Waals surface area contributed by atoms with Gasteiger partial charge in [0.15, 0.2) is 0 Å². The number of alkyl halides is 1. The fourth-order valence-electron chi connectivity index (χ4n) is 1.55. The standard InChI is InChI=1S/C9H18ClNO2/c1-7-6-13-8(2)4-11(7)5-9(12)3-10/h7-9,12H,3-6H2,1-2H3. The predicted molar refractivity (Wildman–Crippen MR) is 53.2 cm³/mol. The van der Waals surface area contributed by atoms with Gasteiger partial charge in [0, 0.05) is 25.0 Å². The number of rotatable bonds is 3. The molecule has 0 spiro atoms. The molecule has 1 N–H and O–H groups in total. The van der Waals surface area contributed by atoms with E-state index in [9.17, 15) is 5.11 Å². The van der Waals surface area contributed by atoms with Gasteiger partial charge in [-0.25, -0.2) is 0 Å². The molecule has 0 amide bonds. The Bertz CT molecular complexity index is 157. The highest BCUT2D eigenvalue weighted by Crippen LogP contribution is 2.11. The summed E-state index contributed by atoms with van der Waals surface area (Å²) in [5, 5.41) is 9.40. The summed E-state index contributed by atoms with van der Waals surface area (Å²) in [6.07, 6.45) is -0.159. The third-order valence-corrected chi connectivity index (χ3v) is 2.72. The molecule has 3 nitrogen and oxygen atoms in total. The fourth-order valence-corrected chi connectivity index (χ4v) is 1.64. The van der Waals surface area contributed by atoms with Gasteiger partial charge in [-0.05, 0) is 13.8 Å². The molecule has 1 saturated heterocycles. The number of β-amino-alcohol motifs (C(OH)–C–C–N with tert-alkyl or cyclic N) is 1. The van der Waals surface area contributed by atoms with Crippen LogP contribution in [0.15, 0.2) is 0 Å². The largest absolute Gasteiger partial charge is 0.391 e. The molecule has 0 aliphatic carbocycles. The van der Waals surface area contributed by atoms with Crippen molar-refractivity contribution in [3.05, 3.63) is 0 Å². The summed E-state index contributed by atoms with van der Waals surface area (Å²) < 4.78 is 5.48. The van der Waals surface area contributed by atoms with Crippen LogP contribution in [-0.2, 0) is 4.74 Å². The van der Waals surface area contributed by atoms with Crippen LogP contribution in [0.1, 0.15) is 13.8 Å². The molecule has 4 heteroatoms. The Hall–Kier alpha value is 0.170. The van der Waals surface area contributed by atoms with Gasteiger partial charge in [0.2, 0.25) is 0 Å². The van der Waals surface area contributed by atoms with E-state index in [1.54, 1.807) is 0 Å². The molecule has 0 aromatic carbocycles. The van der Waals surface area contributed by atoms with Crippen molar-refractivity contribution in [3.8, 4) is 0 Å². The number of hydrogen-bond donors (Lipinski definition) is 1. The summed E-state index contributed by atoms with van der Waals surface area (Å²) in [6, 6.07) is 0.383. The van der Waals surface area contributed by atoms with Crippen LogP contribution in [0.2, 0.25) is 0 Å². The van der Waals surface area contributed by atoms with Gasteiger partial charge in [0.05, 0.1) is 18.8 Å². The van der Waals surface area contributed by atoms with Gasteiger partial charge in [0.1, 0.15) is 0 Å². The van der Waals surface area contributed by atoms with Crippen molar-refractivity contribution in [2.75, 3.05) is 25.6 Å². The lowest BCUT2D eigenvalue weighted by molar-refractivity contribution is -0.0597. The third-order valence-electron chi connectivity index (χ3n) is 2.36. The van der Waals surface area contributed by atoms with Crippen LogP contribution in [0.5, 0.6) is 0 Å². The predicted octanol–water partition coefficient (Wildman–Crippen LogP) is 0.695. The molecule has 3 unspecified atom stereocenters. The van der Waals surface area contributed by atoms with Crippen molar-refractivity contribution in [2.24, 2.45) is 0 Å². The number of hydrogen-bond acceptors (Lipinski definition) is 3. The van der Waals surface area contributed by atoms with Crippen molar-refractivity contribution in [2.45, 2.75) is 32.1 Å². The van der Waals surface area contributed by atoms with E-state index in [0.29, 0.717) is 18.5 Å². The van der Waals surface area contributed by atoms with Gasteiger partial charge in [0.25, 0.3) is 0 Å². The van der Waals surface area contributed by atoms with E-state index in [1.807, 2.05) is 6.92 Å². The summed E-state index contributed by atoms with van der Waals surface area (Å²) in [5.41, 5.74) is 0. The summed E-state index contributed by atoms with van der Waals surface area (Å²) in [4.78, 5) is 2.22. The number of ether oxygens (including phenoxy) is 1. The second-order valence-electron chi connectivity index (χ2n) is 3.76. The zero-order chi connectivity index (χ0) is 9.84. The molecule has 1 heterocycles. The Balaban J connectivity index is 2.37. The van der Waals surface area contributed by atoms with Crippen LogP contribution in [0.25, 0.3) is 0 Å². The van der Waals surface area contributed by atoms with Gasteiger partial charge in [-0.2, -0.15) is 0 Å². The first-order valence-corrected chi connectivity index (χ1v) is 5.26. The lowest BCUT2D eigenvalue weighted by Gasteiger charge is -2.37. The van der Waals surface area contributed by atoms with Crippen molar-refractivity contribution < 1.29 is 9.84 Å². The van der Waals surface area contributed by atoms with Gasteiger partial charge in [-0.1, -0.05) is 0 Å². The second-order valence-corrected chi connectivity index (χ2v) is 4.06. The Kier molecular flexibility index (Phi) is 4.46. The maximum absolute atomic E-state index is 9.40. The first-order valence-electron chi connectivity index (χ1n) is 4.73. The molecule has 0 saturated carbocycles. The molecule has 13 heavy (non-hydrogen) atoms. The first kappa shape index (κ1) is 11.2. The van der Waals surface area contributed by atoms with E-state index in [0.717, 1.165) is 13.2 Å². The summed E-state index contributed by atoms with van der Waals surface area (Å²) >= 11 is 5.55. The molecule has 0 radical (unpaired) electrons. The van der Waals surface area contributed by atoms with Crippen molar-refractivity contribution >= 4 is 11.6 Å². The Labute approximate surface area is 84.6 Å². The molecule has 1 aliphatic rings. The average Bonchev–Trinajstić information content (AvgIpc) is 2.11. The maximum atomic E-state index is 9.40. The maximum Gasteiger partial charge on any atom is 0.0802 e. The Morgan fingerprint density at radius 3 is 2.92 bits per heavy atom. The van der Waals surface area contributed by atoms with Gasteiger partial charge in [-0.3, -0.25) is 4.90 Å². The second kappa shape index (κ2) is 5.15. The minimum Gasteiger partial charge on any atom is -0.391 e. The van der Waals surface area contributed by atoms with Crippen molar-refractivity contribution in [3.63, 3.8) is 0 Å². The van der Waals surface area contributed by atoms with Crippen LogP contribution in [0, 0.1) is 0 Å². The lowest BCUT2D eigenvalue weighted by Crippen LogP contribution is -2.50. The minimum absolute atomic E-state index is 0.263. The molecule has 0 aromatic rings. The molecule has 1 aliphatic heterocycles. The van der Waals surface area contributed by atoms with Crippen molar-refractivity contribution in [1.29, 1.82) is 0 Å². The highest BCUT2D eigenvalue weighted by molar-refractivity contribution is 6.18. The molecule has 1 rings (SSSR count). The highest BCUT2D eigenvalue weighted by atomic mass is 35.5. The topological polar surface area (TPSA) is 32.7 Å². The van der Waals surface area contributed by atoms with Gasteiger partial charge < -0.3 is 9.84 Å². The fraction of sp³-hybridized carbons (Fsp3) is 1.00. The molecular formula is C9H18ClNO2. The lowest BCUT2D eigenvalue weighted by atomic mass is 10.2. The number of morpholine rings is 1. The summed E-state index contributed by atoms with van der Waals surface area (Å²) in [5.74, 6) is 0.304. The van der Waals surface area contributed by atoms with Gasteiger partial charge >= 0.3 is 0 Å².